The molecule has 2 rings (SSSR count). The van der Waals surface area contributed by atoms with E-state index in [1.54, 1.807) is 12.4 Å². The van der Waals surface area contributed by atoms with E-state index >= 15 is 0 Å². The molecule has 0 amide bonds. The van der Waals surface area contributed by atoms with Crippen LogP contribution in [0, 0.1) is 23.0 Å². The Morgan fingerprint density at radius 1 is 0.789 bits per heavy atom. The van der Waals surface area contributed by atoms with E-state index in [1.165, 1.54) is 0 Å². The molecule has 0 unspecified atom stereocenters. The van der Waals surface area contributed by atoms with E-state index < -0.39 is 0 Å². The summed E-state index contributed by atoms with van der Waals surface area (Å²) in [5, 5.41) is 30.0. The fraction of sp³-hybridized carbons (Fsp3) is 0. The van der Waals surface area contributed by atoms with Gasteiger partial charge in [0.25, 0.3) is 0 Å². The van der Waals surface area contributed by atoms with Gasteiger partial charge in [-0.25, -0.2) is 10.5 Å². The second kappa shape index (κ2) is 13.6. The molecule has 6 nitrogen and oxygen atoms in total. The van der Waals surface area contributed by atoms with E-state index in [0.29, 0.717) is 12.5 Å². The molecule has 2 aromatic rings. The molecule has 0 saturated carbocycles. The first-order valence-electron chi connectivity index (χ1n) is 4.65. The van der Waals surface area contributed by atoms with Crippen molar-refractivity contribution in [3.63, 3.8) is 0 Å². The van der Waals surface area contributed by atoms with Crippen LogP contribution in [0.3, 0.4) is 0 Å². The first-order chi connectivity index (χ1) is 8.79. The Balaban J connectivity index is 0. The molecule has 0 aliphatic carbocycles. The molecule has 0 spiro atoms. The maximum Gasteiger partial charge on any atom is 2.00 e. The third kappa shape index (κ3) is 9.23. The van der Waals surface area contributed by atoms with E-state index in [-0.39, 0.29) is 19.5 Å². The maximum atomic E-state index is 8.24. The molecule has 0 saturated heterocycles. The zero-order chi connectivity index (χ0) is 13.6. The molecular formula is C12H8N4O2Ru. The molecule has 0 aliphatic heterocycles. The summed E-state index contributed by atoms with van der Waals surface area (Å²) < 4.78 is 0. The molecule has 0 radical (unpaired) electrons. The molecule has 0 bridgehead atoms. The summed E-state index contributed by atoms with van der Waals surface area (Å²) in [7, 11) is 0. The van der Waals surface area contributed by atoms with Crippen LogP contribution in [-0.4, -0.2) is 9.97 Å². The number of pyridine rings is 2. The normalized spacial score (nSPS) is 6.84. The average Bonchev–Trinajstić information content (AvgIpc) is 2.43. The summed E-state index contributed by atoms with van der Waals surface area (Å²) in [5.74, 6) is 0. The van der Waals surface area contributed by atoms with Crippen LogP contribution in [0.2, 0.25) is 0 Å². The Morgan fingerprint density at radius 3 is 1.32 bits per heavy atom. The Hall–Kier alpha value is -2.50. The van der Waals surface area contributed by atoms with Gasteiger partial charge in [-0.3, -0.25) is 9.97 Å². The van der Waals surface area contributed by atoms with Crippen molar-refractivity contribution in [2.75, 3.05) is 0 Å². The first-order valence-corrected chi connectivity index (χ1v) is 4.65. The number of aromatic nitrogens is 2. The second-order valence-electron chi connectivity index (χ2n) is 2.61. The summed E-state index contributed by atoms with van der Waals surface area (Å²) in [4.78, 5) is 8.37. The van der Waals surface area contributed by atoms with Gasteiger partial charge in [0, 0.05) is 24.9 Å². The molecule has 7 heteroatoms. The van der Waals surface area contributed by atoms with Crippen molar-refractivity contribution >= 4 is 0 Å². The maximum absolute atomic E-state index is 8.24. The van der Waals surface area contributed by atoms with Gasteiger partial charge >= 0.3 is 19.5 Å². The molecule has 0 fully saturated rings. The molecule has 2 heterocycles. The Bertz CT molecular complexity index is 459. The number of rotatable bonds is 1. The van der Waals surface area contributed by atoms with Crippen LogP contribution in [0.1, 0.15) is 0 Å². The summed E-state index contributed by atoms with van der Waals surface area (Å²) in [5.41, 5.74) is 1.83. The number of hydrogen-bond donors (Lipinski definition) is 0. The Morgan fingerprint density at radius 2 is 1.11 bits per heavy atom. The fourth-order valence-corrected chi connectivity index (χ4v) is 1.03. The number of hydrogen-bond acceptors (Lipinski definition) is 6. The molecule has 19 heavy (non-hydrogen) atoms. The van der Waals surface area contributed by atoms with Gasteiger partial charge in [-0.15, -0.1) is 0 Å². The van der Waals surface area contributed by atoms with Crippen molar-refractivity contribution in [2.24, 2.45) is 0 Å². The van der Waals surface area contributed by atoms with Gasteiger partial charge in [0.15, 0.2) is 0 Å². The van der Waals surface area contributed by atoms with E-state index in [2.05, 4.69) is 9.97 Å². The van der Waals surface area contributed by atoms with Crippen LogP contribution < -0.4 is 10.2 Å². The third-order valence-electron chi connectivity index (χ3n) is 1.59. The van der Waals surface area contributed by atoms with Crippen molar-refractivity contribution < 1.29 is 29.7 Å². The molecule has 2 aromatic heterocycles. The smallest absolute Gasteiger partial charge is 0.812 e. The van der Waals surface area contributed by atoms with Crippen LogP contribution >= 0.6 is 0 Å². The van der Waals surface area contributed by atoms with Gasteiger partial charge in [0.1, 0.15) is 0 Å². The van der Waals surface area contributed by atoms with Crippen molar-refractivity contribution in [1.82, 2.24) is 9.97 Å². The summed E-state index contributed by atoms with van der Waals surface area (Å²) in [6, 6.07) is 11.6. The van der Waals surface area contributed by atoms with Gasteiger partial charge < -0.3 is 10.2 Å². The topological polar surface area (TPSA) is 119 Å². The summed E-state index contributed by atoms with van der Waals surface area (Å²) in [6.07, 6.45) is 4.54. The SMILES string of the molecule is N#C[O-].N#C[O-].[Ru+2].c1ccc(-c2ccccn2)nc1. The van der Waals surface area contributed by atoms with Gasteiger partial charge in [0.05, 0.1) is 11.4 Å². The average molecular weight is 341 g/mol. The van der Waals surface area contributed by atoms with Gasteiger partial charge in [-0.2, -0.15) is 0 Å². The van der Waals surface area contributed by atoms with Crippen LogP contribution in [0.25, 0.3) is 11.4 Å². The Labute approximate surface area is 123 Å². The molecule has 96 valence electrons. The zero-order valence-corrected chi connectivity index (χ0v) is 11.3. The van der Waals surface area contributed by atoms with Crippen LogP contribution in [-0.2, 0) is 19.5 Å². The molecule has 0 aromatic carbocycles. The Kier molecular flexibility index (Phi) is 13.5. The zero-order valence-electron chi connectivity index (χ0n) is 9.58. The monoisotopic (exact) mass is 342 g/mol. The van der Waals surface area contributed by atoms with Crippen molar-refractivity contribution in [1.29, 1.82) is 10.5 Å². The van der Waals surface area contributed by atoms with E-state index in [1.807, 2.05) is 36.4 Å². The molecular weight excluding hydrogens is 333 g/mol. The van der Waals surface area contributed by atoms with Gasteiger partial charge in [-0.1, -0.05) is 12.1 Å². The van der Waals surface area contributed by atoms with Crippen molar-refractivity contribution in [3.05, 3.63) is 48.8 Å². The molecule has 0 atom stereocenters. The minimum absolute atomic E-state index is 0. The van der Waals surface area contributed by atoms with E-state index in [0.717, 1.165) is 11.4 Å². The standard InChI is InChI=1S/C10H8N2.2CHNO.Ru/c1-3-7-11-9(5-1)10-6-2-4-8-12-10;2*2-1-3;/h1-8H;2*3H;/q;;;+2/p-2. The fourth-order valence-electron chi connectivity index (χ4n) is 1.03. The van der Waals surface area contributed by atoms with Gasteiger partial charge in [-0.05, 0) is 24.3 Å². The second-order valence-corrected chi connectivity index (χ2v) is 2.61. The van der Waals surface area contributed by atoms with Crippen molar-refractivity contribution in [2.45, 2.75) is 0 Å². The van der Waals surface area contributed by atoms with Crippen LogP contribution in [0.5, 0.6) is 0 Å². The summed E-state index contributed by atoms with van der Waals surface area (Å²) >= 11 is 0. The number of nitriles is 2. The predicted molar refractivity (Wildman–Crippen MR) is 58.7 cm³/mol. The minimum Gasteiger partial charge on any atom is -0.812 e. The van der Waals surface area contributed by atoms with E-state index in [9.17, 15) is 0 Å². The molecule has 0 aliphatic rings. The predicted octanol–water partition coefficient (Wildman–Crippen LogP) is -0.203. The molecule has 0 N–H and O–H groups in total. The van der Waals surface area contributed by atoms with Crippen molar-refractivity contribution in [3.8, 4) is 23.9 Å². The third-order valence-corrected chi connectivity index (χ3v) is 1.59. The number of nitrogens with zero attached hydrogens (tertiary/aromatic N) is 4. The quantitative estimate of drug-likeness (QED) is 0.523. The first kappa shape index (κ1) is 18.9. The van der Waals surface area contributed by atoms with Crippen LogP contribution in [0.4, 0.5) is 0 Å². The minimum atomic E-state index is 0. The van der Waals surface area contributed by atoms with Crippen LogP contribution in [0.15, 0.2) is 48.8 Å². The van der Waals surface area contributed by atoms with Gasteiger partial charge in [0.2, 0.25) is 0 Å². The summed E-state index contributed by atoms with van der Waals surface area (Å²) in [6.45, 7) is 0. The van der Waals surface area contributed by atoms with E-state index in [4.69, 9.17) is 20.7 Å². The largest absolute Gasteiger partial charge is 2.00 e.